The standard InChI is InChI=1S/C23H22Br2O4/c24-18-7-1-6-10(18)13-14-15-8-4-2-28-3-5(4)9(19(15)25)12-11(8)16(13)22(6)20(26)29-21(27)23(7,22)17(12)14/h4-19H,1-3H2/t4-,5+,6-,7+,8-,9+,10+,11-,12+,13?,14?,15?,16+,17+,18?,19?,22+,23+/m0/s1. The largest absolute Gasteiger partial charge is 0.392 e. The van der Waals surface area contributed by atoms with Gasteiger partial charge in [0.2, 0.25) is 0 Å². The van der Waals surface area contributed by atoms with Gasteiger partial charge in [-0.1, -0.05) is 31.9 Å². The van der Waals surface area contributed by atoms with Crippen molar-refractivity contribution in [2.45, 2.75) is 16.1 Å². The number of esters is 2. The van der Waals surface area contributed by atoms with Gasteiger partial charge in [0.15, 0.2) is 0 Å². The fraction of sp³-hybridized carbons (Fsp3) is 0.913. The highest BCUT2D eigenvalue weighted by Crippen LogP contribution is 2.97. The first-order chi connectivity index (χ1) is 14.1. The number of halogens is 2. The summed E-state index contributed by atoms with van der Waals surface area (Å²) in [6, 6.07) is 0. The molecular weight excluding hydrogens is 500 g/mol. The summed E-state index contributed by atoms with van der Waals surface area (Å²) in [6.07, 6.45) is 1.09. The lowest BCUT2D eigenvalue weighted by molar-refractivity contribution is -0.334. The highest BCUT2D eigenvalue weighted by molar-refractivity contribution is 9.09. The molecule has 5 unspecified atom stereocenters. The second-order valence-corrected chi connectivity index (χ2v) is 14.4. The minimum Gasteiger partial charge on any atom is -0.392 e. The van der Waals surface area contributed by atoms with Crippen molar-refractivity contribution in [3.63, 3.8) is 0 Å². The zero-order valence-electron chi connectivity index (χ0n) is 15.7. The zero-order valence-corrected chi connectivity index (χ0v) is 18.9. The van der Waals surface area contributed by atoms with E-state index in [9.17, 15) is 9.59 Å². The van der Waals surface area contributed by atoms with Crippen LogP contribution in [0, 0.1) is 93.7 Å². The van der Waals surface area contributed by atoms with Gasteiger partial charge >= 0.3 is 11.9 Å². The first kappa shape index (κ1) is 15.8. The zero-order chi connectivity index (χ0) is 18.9. The van der Waals surface area contributed by atoms with Crippen LogP contribution in [0.25, 0.3) is 0 Å². The molecule has 2 aliphatic heterocycles. The van der Waals surface area contributed by atoms with E-state index in [1.807, 2.05) is 0 Å². The summed E-state index contributed by atoms with van der Waals surface area (Å²) in [5.74, 6) is 7.76. The average Bonchev–Trinajstić information content (AvgIpc) is 3.44. The molecule has 14 rings (SSSR count). The van der Waals surface area contributed by atoms with Gasteiger partial charge < -0.3 is 9.47 Å². The van der Waals surface area contributed by atoms with Crippen LogP contribution < -0.4 is 0 Å². The molecule has 2 saturated heterocycles. The Bertz CT molecular complexity index is 984. The third-order valence-electron chi connectivity index (χ3n) is 13.2. The van der Waals surface area contributed by atoms with Gasteiger partial charge in [-0.3, -0.25) is 9.59 Å². The van der Waals surface area contributed by atoms with E-state index in [1.165, 1.54) is 0 Å². The molecule has 2 heterocycles. The molecule has 0 aromatic heterocycles. The summed E-state index contributed by atoms with van der Waals surface area (Å²) in [4.78, 5) is 28.3. The predicted molar refractivity (Wildman–Crippen MR) is 106 cm³/mol. The first-order valence-electron chi connectivity index (χ1n) is 11.7. The summed E-state index contributed by atoms with van der Waals surface area (Å²) in [7, 11) is 0. The average molecular weight is 522 g/mol. The quantitative estimate of drug-likeness (QED) is 0.279. The van der Waals surface area contributed by atoms with Crippen LogP contribution in [0.4, 0.5) is 0 Å². The van der Waals surface area contributed by atoms with Gasteiger partial charge in [-0.05, 0) is 89.3 Å². The van der Waals surface area contributed by atoms with Crippen LogP contribution >= 0.6 is 31.9 Å². The number of alkyl halides is 2. The molecule has 4 nitrogen and oxygen atoms in total. The molecule has 0 radical (unpaired) electrons. The third kappa shape index (κ3) is 1.04. The number of rotatable bonds is 0. The molecule has 1 spiro atoms. The molecule has 14 aliphatic rings. The number of hydrogen-bond acceptors (Lipinski definition) is 4. The van der Waals surface area contributed by atoms with Crippen molar-refractivity contribution in [1.82, 2.24) is 0 Å². The number of carbonyl (C=O) groups excluding carboxylic acids is 2. The lowest BCUT2D eigenvalue weighted by Crippen LogP contribution is -2.82. The van der Waals surface area contributed by atoms with E-state index in [1.54, 1.807) is 0 Å². The van der Waals surface area contributed by atoms with Crippen molar-refractivity contribution in [1.29, 1.82) is 0 Å². The molecule has 0 aromatic rings. The van der Waals surface area contributed by atoms with E-state index in [0.717, 1.165) is 19.6 Å². The lowest BCUT2D eigenvalue weighted by atomic mass is 9.22. The fourth-order valence-corrected chi connectivity index (χ4v) is 16.6. The molecule has 29 heavy (non-hydrogen) atoms. The second-order valence-electron chi connectivity index (χ2n) is 12.3. The van der Waals surface area contributed by atoms with Crippen LogP contribution in [-0.4, -0.2) is 34.8 Å². The number of ether oxygens (including phenoxy) is 2. The highest BCUT2D eigenvalue weighted by Gasteiger charge is 3.00. The van der Waals surface area contributed by atoms with Gasteiger partial charge in [-0.25, -0.2) is 0 Å². The summed E-state index contributed by atoms with van der Waals surface area (Å²) in [5.41, 5.74) is -0.945. The van der Waals surface area contributed by atoms with Gasteiger partial charge in [-0.15, -0.1) is 0 Å². The maximum atomic E-state index is 13.7. The van der Waals surface area contributed by atoms with Crippen LogP contribution in [0.2, 0.25) is 0 Å². The molecule has 6 heteroatoms. The molecule has 0 amide bonds. The minimum absolute atomic E-state index is 0.0942. The van der Waals surface area contributed by atoms with Crippen molar-refractivity contribution in [2.24, 2.45) is 93.7 Å². The molecule has 152 valence electrons. The topological polar surface area (TPSA) is 52.6 Å². The van der Waals surface area contributed by atoms with E-state index < -0.39 is 10.8 Å². The summed E-state index contributed by atoms with van der Waals surface area (Å²) >= 11 is 8.35. The van der Waals surface area contributed by atoms with Crippen LogP contribution in [0.5, 0.6) is 0 Å². The van der Waals surface area contributed by atoms with Crippen molar-refractivity contribution in [3.05, 3.63) is 0 Å². The molecule has 12 saturated carbocycles. The van der Waals surface area contributed by atoms with Crippen molar-refractivity contribution in [3.8, 4) is 0 Å². The van der Waals surface area contributed by atoms with Gasteiger partial charge in [0, 0.05) is 9.65 Å². The van der Waals surface area contributed by atoms with Crippen molar-refractivity contribution < 1.29 is 19.1 Å². The molecule has 0 N–H and O–H groups in total. The lowest BCUT2D eigenvalue weighted by Gasteiger charge is -2.81. The smallest absolute Gasteiger partial charge is 0.321 e. The third-order valence-corrected chi connectivity index (χ3v) is 15.6. The van der Waals surface area contributed by atoms with E-state index in [2.05, 4.69) is 31.9 Å². The Balaban J connectivity index is 1.34. The van der Waals surface area contributed by atoms with Crippen LogP contribution in [-0.2, 0) is 19.1 Å². The number of carbonyl (C=O) groups is 2. The maximum absolute atomic E-state index is 13.7. The number of fused-ring (bicyclic) bond motifs is 1. The number of cyclic esters (lactones) is 2. The fourth-order valence-electron chi connectivity index (χ4n) is 13.8. The Labute approximate surface area is 185 Å². The van der Waals surface area contributed by atoms with Crippen LogP contribution in [0.15, 0.2) is 0 Å². The summed E-state index contributed by atoms with van der Waals surface area (Å²) in [5, 5.41) is 0. The Morgan fingerprint density at radius 3 is 2.03 bits per heavy atom. The minimum atomic E-state index is -0.496. The molecule has 12 aliphatic carbocycles. The normalized spacial score (nSPS) is 79.5. The number of hydrogen-bond donors (Lipinski definition) is 0. The van der Waals surface area contributed by atoms with E-state index in [4.69, 9.17) is 9.47 Å². The van der Waals surface area contributed by atoms with Gasteiger partial charge in [-0.2, -0.15) is 0 Å². The second kappa shape index (κ2) is 4.07. The first-order valence-corrected chi connectivity index (χ1v) is 13.5. The van der Waals surface area contributed by atoms with E-state index >= 15 is 0 Å². The molecular formula is C23H22Br2O4. The Morgan fingerprint density at radius 2 is 1.28 bits per heavy atom. The van der Waals surface area contributed by atoms with Crippen LogP contribution in [0.3, 0.4) is 0 Å². The van der Waals surface area contributed by atoms with Crippen LogP contribution in [0.1, 0.15) is 6.42 Å². The van der Waals surface area contributed by atoms with E-state index in [-0.39, 0.29) is 11.9 Å². The Kier molecular flexibility index (Phi) is 2.22. The Morgan fingerprint density at radius 1 is 0.690 bits per heavy atom. The van der Waals surface area contributed by atoms with Gasteiger partial charge in [0.1, 0.15) is 0 Å². The molecule has 18 atom stereocenters. The van der Waals surface area contributed by atoms with Gasteiger partial charge in [0.05, 0.1) is 24.0 Å². The molecule has 14 fully saturated rings. The van der Waals surface area contributed by atoms with Gasteiger partial charge in [0.25, 0.3) is 0 Å². The summed E-state index contributed by atoms with van der Waals surface area (Å²) in [6.45, 7) is 1.84. The van der Waals surface area contributed by atoms with Crippen molar-refractivity contribution >= 4 is 43.8 Å². The highest BCUT2D eigenvalue weighted by atomic mass is 79.9. The maximum Gasteiger partial charge on any atom is 0.321 e. The van der Waals surface area contributed by atoms with Crippen molar-refractivity contribution in [2.75, 3.05) is 13.2 Å². The molecule has 0 aromatic carbocycles. The predicted octanol–water partition coefficient (Wildman–Crippen LogP) is 2.73. The SMILES string of the molecule is O=C1OC(=O)[C@]23[C@H]4C[C@@H]5C(Br)[C@H]4C4C6C7C(Br)[C@@H]8[C@@H]9COC[C@@H]9[C@H]7[C@@H]([C@@H]8[C@H]6[C@@]152)[C@H]43. The Hall–Kier alpha value is 0.0600. The summed E-state index contributed by atoms with van der Waals surface area (Å²) < 4.78 is 11.8. The monoisotopic (exact) mass is 520 g/mol. The molecule has 12 bridgehead atoms. The van der Waals surface area contributed by atoms with E-state index in [0.29, 0.717) is 92.5 Å².